The molecular weight excluding hydrogens is 443 g/mol. The number of likely N-dealkylation sites (tertiary alicyclic amines) is 1. The number of aliphatic imine (C=N–C) groups is 1. The summed E-state index contributed by atoms with van der Waals surface area (Å²) in [5.41, 5.74) is -0.0345. The zero-order chi connectivity index (χ0) is 18.5. The van der Waals surface area contributed by atoms with Gasteiger partial charge < -0.3 is 15.2 Å². The summed E-state index contributed by atoms with van der Waals surface area (Å²) in [6, 6.07) is 0. The Morgan fingerprint density at radius 1 is 1.12 bits per heavy atom. The molecule has 150 valence electrons. The van der Waals surface area contributed by atoms with E-state index in [1.54, 1.807) is 7.05 Å². The van der Waals surface area contributed by atoms with Crippen LogP contribution in [-0.2, 0) is 12.0 Å². The molecule has 1 aromatic heterocycles. The van der Waals surface area contributed by atoms with Crippen molar-refractivity contribution in [1.82, 2.24) is 25.7 Å². The fourth-order valence-corrected chi connectivity index (χ4v) is 2.92. The van der Waals surface area contributed by atoms with E-state index in [1.807, 2.05) is 0 Å². The van der Waals surface area contributed by atoms with E-state index in [-0.39, 0.29) is 34.9 Å². The zero-order valence-corrected chi connectivity index (χ0v) is 19.4. The lowest BCUT2D eigenvalue weighted by Gasteiger charge is -2.41. The van der Waals surface area contributed by atoms with Gasteiger partial charge in [0.15, 0.2) is 11.8 Å². The zero-order valence-electron chi connectivity index (χ0n) is 17.1. The number of aromatic nitrogens is 2. The quantitative estimate of drug-likeness (QED) is 0.385. The van der Waals surface area contributed by atoms with Gasteiger partial charge >= 0.3 is 0 Å². The average Bonchev–Trinajstić information content (AvgIpc) is 3.05. The Kier molecular flexibility index (Phi) is 8.78. The molecule has 0 spiro atoms. The minimum absolute atomic E-state index is 0. The fourth-order valence-electron chi connectivity index (χ4n) is 2.92. The Hall–Kier alpha value is -0.900. The van der Waals surface area contributed by atoms with E-state index in [1.165, 1.54) is 32.4 Å². The van der Waals surface area contributed by atoms with Crippen molar-refractivity contribution in [3.8, 4) is 0 Å². The maximum atomic E-state index is 5.32. The molecule has 0 aromatic carbocycles. The lowest BCUT2D eigenvalue weighted by atomic mass is 9.97. The second-order valence-electron chi connectivity index (χ2n) is 8.41. The van der Waals surface area contributed by atoms with Gasteiger partial charge in [-0.25, -0.2) is 0 Å². The summed E-state index contributed by atoms with van der Waals surface area (Å²) in [5, 5.41) is 10.7. The van der Waals surface area contributed by atoms with Crippen LogP contribution in [0.3, 0.4) is 0 Å². The van der Waals surface area contributed by atoms with Crippen LogP contribution < -0.4 is 10.6 Å². The molecule has 1 aliphatic heterocycles. The molecule has 8 heteroatoms. The maximum Gasteiger partial charge on any atom is 0.232 e. The highest BCUT2D eigenvalue weighted by Gasteiger charge is 2.28. The van der Waals surface area contributed by atoms with Crippen LogP contribution in [0.1, 0.15) is 65.6 Å². The minimum atomic E-state index is -0.135. The van der Waals surface area contributed by atoms with Crippen LogP contribution >= 0.6 is 24.0 Å². The maximum absolute atomic E-state index is 5.32. The third-order valence-electron chi connectivity index (χ3n) is 4.65. The van der Waals surface area contributed by atoms with Crippen LogP contribution in [0.25, 0.3) is 0 Å². The Morgan fingerprint density at radius 2 is 1.77 bits per heavy atom. The van der Waals surface area contributed by atoms with Crippen molar-refractivity contribution in [2.75, 3.05) is 26.7 Å². The molecule has 1 saturated heterocycles. The molecule has 7 nitrogen and oxygen atoms in total. The smallest absolute Gasteiger partial charge is 0.232 e. The Labute approximate surface area is 174 Å². The van der Waals surface area contributed by atoms with Crippen molar-refractivity contribution in [3.05, 3.63) is 11.7 Å². The minimum Gasteiger partial charge on any atom is -0.355 e. The van der Waals surface area contributed by atoms with Crippen LogP contribution in [0.5, 0.6) is 0 Å². The molecule has 0 unspecified atom stereocenters. The number of hydrogen-bond acceptors (Lipinski definition) is 5. The molecule has 0 amide bonds. The molecule has 0 saturated carbocycles. The summed E-state index contributed by atoms with van der Waals surface area (Å²) in [4.78, 5) is 11.3. The Balaban J connectivity index is 0.00000338. The molecule has 2 heterocycles. The standard InChI is InChI=1S/C18H34N6O.HI/c1-17(2,3)15-22-14(23-25-15)12-20-16(19-6)21-13-18(4,5)24-10-8-7-9-11-24;/h7-13H2,1-6H3,(H2,19,20,21);1H. The molecule has 0 atom stereocenters. The van der Waals surface area contributed by atoms with E-state index in [0.29, 0.717) is 18.3 Å². The highest BCUT2D eigenvalue weighted by Crippen LogP contribution is 2.20. The predicted octanol–water partition coefficient (Wildman–Crippen LogP) is 2.91. The third kappa shape index (κ3) is 6.68. The van der Waals surface area contributed by atoms with Crippen molar-refractivity contribution in [1.29, 1.82) is 0 Å². The normalized spacial score (nSPS) is 16.9. The highest BCUT2D eigenvalue weighted by molar-refractivity contribution is 14.0. The molecule has 0 aliphatic carbocycles. The summed E-state index contributed by atoms with van der Waals surface area (Å²) in [5.74, 6) is 2.05. The van der Waals surface area contributed by atoms with Gasteiger partial charge in [-0.15, -0.1) is 24.0 Å². The SMILES string of the molecule is CN=C(NCc1noc(C(C)(C)C)n1)NCC(C)(C)N1CCCCC1.I. The summed E-state index contributed by atoms with van der Waals surface area (Å²) in [6.07, 6.45) is 3.94. The van der Waals surface area contributed by atoms with Gasteiger partial charge in [0.25, 0.3) is 0 Å². The Morgan fingerprint density at radius 3 is 2.31 bits per heavy atom. The van der Waals surface area contributed by atoms with Gasteiger partial charge in [-0.2, -0.15) is 4.98 Å². The summed E-state index contributed by atoms with van der Waals surface area (Å²) >= 11 is 0. The molecule has 1 aliphatic rings. The van der Waals surface area contributed by atoms with E-state index in [4.69, 9.17) is 4.52 Å². The number of rotatable bonds is 5. The first-order valence-electron chi connectivity index (χ1n) is 9.25. The molecule has 0 bridgehead atoms. The summed E-state index contributed by atoms with van der Waals surface area (Å²) < 4.78 is 5.32. The number of halogens is 1. The van der Waals surface area contributed by atoms with Crippen molar-refractivity contribution < 1.29 is 4.52 Å². The van der Waals surface area contributed by atoms with Gasteiger partial charge in [0.05, 0.1) is 6.54 Å². The molecule has 26 heavy (non-hydrogen) atoms. The monoisotopic (exact) mass is 478 g/mol. The van der Waals surface area contributed by atoms with Crippen molar-refractivity contribution in [3.63, 3.8) is 0 Å². The van der Waals surface area contributed by atoms with Crippen LogP contribution in [-0.4, -0.2) is 53.2 Å². The van der Waals surface area contributed by atoms with Crippen LogP contribution in [0.2, 0.25) is 0 Å². The summed E-state index contributed by atoms with van der Waals surface area (Å²) in [6.45, 7) is 14.4. The van der Waals surface area contributed by atoms with Crippen molar-refractivity contribution in [2.24, 2.45) is 4.99 Å². The first kappa shape index (κ1) is 23.1. The molecule has 0 radical (unpaired) electrons. The van der Waals surface area contributed by atoms with Crippen LogP contribution in [0, 0.1) is 0 Å². The van der Waals surface area contributed by atoms with Crippen LogP contribution in [0.4, 0.5) is 0 Å². The van der Waals surface area contributed by atoms with E-state index in [0.717, 1.165) is 12.5 Å². The van der Waals surface area contributed by atoms with Gasteiger partial charge in [-0.05, 0) is 39.8 Å². The lowest BCUT2D eigenvalue weighted by Crippen LogP contribution is -2.54. The first-order chi connectivity index (χ1) is 11.7. The second-order valence-corrected chi connectivity index (χ2v) is 8.41. The predicted molar refractivity (Wildman–Crippen MR) is 116 cm³/mol. The van der Waals surface area contributed by atoms with E-state index >= 15 is 0 Å². The Bertz CT molecular complexity index is 572. The summed E-state index contributed by atoms with van der Waals surface area (Å²) in [7, 11) is 1.78. The first-order valence-corrected chi connectivity index (χ1v) is 9.25. The molecule has 1 fully saturated rings. The number of hydrogen-bond donors (Lipinski definition) is 2. The largest absolute Gasteiger partial charge is 0.355 e. The molecular formula is C18H35IN6O. The highest BCUT2D eigenvalue weighted by atomic mass is 127. The number of piperidine rings is 1. The lowest BCUT2D eigenvalue weighted by molar-refractivity contribution is 0.0982. The second kappa shape index (κ2) is 9.87. The van der Waals surface area contributed by atoms with E-state index in [2.05, 4.69) is 65.3 Å². The van der Waals surface area contributed by atoms with Gasteiger partial charge in [-0.1, -0.05) is 32.3 Å². The molecule has 2 rings (SSSR count). The van der Waals surface area contributed by atoms with Gasteiger partial charge in [-0.3, -0.25) is 9.89 Å². The number of guanidine groups is 1. The van der Waals surface area contributed by atoms with Crippen LogP contribution in [0.15, 0.2) is 9.52 Å². The molecule has 2 N–H and O–H groups in total. The van der Waals surface area contributed by atoms with Crippen molar-refractivity contribution in [2.45, 2.75) is 71.4 Å². The van der Waals surface area contributed by atoms with Gasteiger partial charge in [0.1, 0.15) is 0 Å². The van der Waals surface area contributed by atoms with Gasteiger partial charge in [0.2, 0.25) is 5.89 Å². The fraction of sp³-hybridized carbons (Fsp3) is 0.833. The number of nitrogens with zero attached hydrogens (tertiary/aromatic N) is 4. The molecule has 1 aromatic rings. The number of nitrogens with one attached hydrogen (secondary N) is 2. The van der Waals surface area contributed by atoms with Gasteiger partial charge in [0, 0.05) is 24.5 Å². The van der Waals surface area contributed by atoms with E-state index < -0.39 is 0 Å². The topological polar surface area (TPSA) is 78.6 Å². The third-order valence-corrected chi connectivity index (χ3v) is 4.65. The van der Waals surface area contributed by atoms with E-state index in [9.17, 15) is 0 Å². The van der Waals surface area contributed by atoms with Crippen molar-refractivity contribution >= 4 is 29.9 Å². The average molecular weight is 478 g/mol.